The average Bonchev–Trinajstić information content (AvgIpc) is 2.97. The lowest BCUT2D eigenvalue weighted by Crippen LogP contribution is -2.34. The van der Waals surface area contributed by atoms with Crippen LogP contribution in [-0.2, 0) is 16.1 Å². The summed E-state index contributed by atoms with van der Waals surface area (Å²) in [5, 5.41) is 0. The number of hydrogen-bond acceptors (Lipinski definition) is 3. The highest BCUT2D eigenvalue weighted by molar-refractivity contribution is 5.84. The summed E-state index contributed by atoms with van der Waals surface area (Å²) in [6.07, 6.45) is 8.17. The number of amides is 2. The fourth-order valence-corrected chi connectivity index (χ4v) is 4.74. The molecule has 134 valence electrons. The highest BCUT2D eigenvalue weighted by Gasteiger charge is 2.62. The Bertz CT molecular complexity index is 656. The second-order valence-corrected chi connectivity index (χ2v) is 8.13. The van der Waals surface area contributed by atoms with Crippen LogP contribution in [0, 0.1) is 17.3 Å². The predicted molar refractivity (Wildman–Crippen MR) is 94.4 cm³/mol. The molecule has 1 aromatic rings. The summed E-state index contributed by atoms with van der Waals surface area (Å²) in [6, 6.07) is 5.78. The van der Waals surface area contributed by atoms with E-state index < -0.39 is 0 Å². The number of pyridine rings is 1. The van der Waals surface area contributed by atoms with E-state index in [1.54, 1.807) is 11.1 Å². The molecule has 1 spiro atoms. The van der Waals surface area contributed by atoms with E-state index >= 15 is 0 Å². The van der Waals surface area contributed by atoms with Gasteiger partial charge in [0.1, 0.15) is 0 Å². The first-order valence-corrected chi connectivity index (χ1v) is 9.53. The van der Waals surface area contributed by atoms with Crippen molar-refractivity contribution in [2.24, 2.45) is 17.3 Å². The van der Waals surface area contributed by atoms with Crippen LogP contribution in [0.15, 0.2) is 24.4 Å². The first-order chi connectivity index (χ1) is 12.1. The molecule has 0 radical (unpaired) electrons. The molecule has 1 aliphatic heterocycles. The van der Waals surface area contributed by atoms with Gasteiger partial charge in [-0.15, -0.1) is 0 Å². The van der Waals surface area contributed by atoms with Crippen LogP contribution >= 0.6 is 0 Å². The lowest BCUT2D eigenvalue weighted by molar-refractivity contribution is -0.135. The zero-order chi connectivity index (χ0) is 17.4. The summed E-state index contributed by atoms with van der Waals surface area (Å²) >= 11 is 0. The average molecular weight is 341 g/mol. The maximum absolute atomic E-state index is 12.8. The molecule has 4 rings (SSSR count). The summed E-state index contributed by atoms with van der Waals surface area (Å²) in [4.78, 5) is 33.6. The topological polar surface area (TPSA) is 53.5 Å². The minimum absolute atomic E-state index is 0.0593. The Kier molecular flexibility index (Phi) is 4.26. The molecule has 5 nitrogen and oxygen atoms in total. The molecule has 2 heterocycles. The minimum atomic E-state index is 0.0593. The molecular weight excluding hydrogens is 314 g/mol. The highest BCUT2D eigenvalue weighted by Crippen LogP contribution is 2.59. The first-order valence-electron chi connectivity index (χ1n) is 9.53. The van der Waals surface area contributed by atoms with Crippen molar-refractivity contribution in [2.75, 3.05) is 20.1 Å². The van der Waals surface area contributed by atoms with E-state index in [0.29, 0.717) is 12.5 Å². The fraction of sp³-hybridized carbons (Fsp3) is 0.650. The van der Waals surface area contributed by atoms with E-state index in [1.165, 1.54) is 12.8 Å². The van der Waals surface area contributed by atoms with Crippen LogP contribution in [0.4, 0.5) is 0 Å². The summed E-state index contributed by atoms with van der Waals surface area (Å²) in [6.45, 7) is 2.18. The van der Waals surface area contributed by atoms with Crippen molar-refractivity contribution in [1.29, 1.82) is 0 Å². The quantitative estimate of drug-likeness (QED) is 0.845. The Morgan fingerprint density at radius 1 is 1.32 bits per heavy atom. The molecule has 2 aliphatic carbocycles. The Labute approximate surface area is 149 Å². The summed E-state index contributed by atoms with van der Waals surface area (Å²) in [5.74, 6) is 0.882. The molecule has 0 unspecified atom stereocenters. The van der Waals surface area contributed by atoms with Crippen molar-refractivity contribution < 1.29 is 9.59 Å². The van der Waals surface area contributed by atoms with E-state index in [9.17, 15) is 9.59 Å². The molecule has 3 fully saturated rings. The molecule has 0 aromatic carbocycles. The van der Waals surface area contributed by atoms with Crippen molar-refractivity contribution in [3.63, 3.8) is 0 Å². The number of rotatable bonds is 4. The van der Waals surface area contributed by atoms with Crippen molar-refractivity contribution >= 4 is 11.8 Å². The monoisotopic (exact) mass is 341 g/mol. The smallest absolute Gasteiger partial charge is 0.226 e. The third kappa shape index (κ3) is 3.16. The number of carbonyl (C=O) groups is 2. The van der Waals surface area contributed by atoms with Gasteiger partial charge in [-0.3, -0.25) is 14.6 Å². The lowest BCUT2D eigenvalue weighted by Gasteiger charge is -2.21. The van der Waals surface area contributed by atoms with E-state index in [-0.39, 0.29) is 23.2 Å². The van der Waals surface area contributed by atoms with Crippen LogP contribution in [0.2, 0.25) is 0 Å². The fourth-order valence-electron chi connectivity index (χ4n) is 4.74. The third-order valence-electron chi connectivity index (χ3n) is 6.39. The van der Waals surface area contributed by atoms with E-state index in [0.717, 1.165) is 44.5 Å². The number of aromatic nitrogens is 1. The molecule has 1 aromatic heterocycles. The zero-order valence-electron chi connectivity index (χ0n) is 15.0. The Morgan fingerprint density at radius 2 is 2.12 bits per heavy atom. The first kappa shape index (κ1) is 16.6. The molecule has 2 amide bonds. The predicted octanol–water partition coefficient (Wildman–Crippen LogP) is 2.47. The Balaban J connectivity index is 1.33. The van der Waals surface area contributed by atoms with E-state index in [1.807, 2.05) is 30.1 Å². The lowest BCUT2D eigenvalue weighted by atomic mass is 10.0. The number of carbonyl (C=O) groups excluding carboxylic acids is 2. The van der Waals surface area contributed by atoms with Gasteiger partial charge in [-0.05, 0) is 37.8 Å². The van der Waals surface area contributed by atoms with Gasteiger partial charge < -0.3 is 9.80 Å². The van der Waals surface area contributed by atoms with Gasteiger partial charge in [0.25, 0.3) is 0 Å². The van der Waals surface area contributed by atoms with Gasteiger partial charge in [-0.25, -0.2) is 0 Å². The molecule has 2 saturated carbocycles. The maximum atomic E-state index is 12.8. The van der Waals surface area contributed by atoms with Crippen LogP contribution in [0.5, 0.6) is 0 Å². The summed E-state index contributed by atoms with van der Waals surface area (Å²) < 4.78 is 0. The molecule has 2 atom stereocenters. The van der Waals surface area contributed by atoms with Crippen LogP contribution in [-0.4, -0.2) is 46.7 Å². The second-order valence-electron chi connectivity index (χ2n) is 8.13. The van der Waals surface area contributed by atoms with Crippen LogP contribution < -0.4 is 0 Å². The third-order valence-corrected chi connectivity index (χ3v) is 6.39. The van der Waals surface area contributed by atoms with Gasteiger partial charge in [0.05, 0.1) is 12.2 Å². The molecule has 0 N–H and O–H groups in total. The van der Waals surface area contributed by atoms with Gasteiger partial charge in [0.15, 0.2) is 0 Å². The summed E-state index contributed by atoms with van der Waals surface area (Å²) in [7, 11) is 1.86. The van der Waals surface area contributed by atoms with Crippen LogP contribution in [0.25, 0.3) is 0 Å². The maximum Gasteiger partial charge on any atom is 0.226 e. The molecule has 0 bridgehead atoms. The Hall–Kier alpha value is -1.91. The molecule has 25 heavy (non-hydrogen) atoms. The second kappa shape index (κ2) is 6.43. The van der Waals surface area contributed by atoms with Gasteiger partial charge in [0, 0.05) is 43.6 Å². The Morgan fingerprint density at radius 3 is 2.84 bits per heavy atom. The van der Waals surface area contributed by atoms with Gasteiger partial charge in [-0.2, -0.15) is 0 Å². The van der Waals surface area contributed by atoms with Crippen molar-refractivity contribution in [1.82, 2.24) is 14.8 Å². The number of nitrogens with zero attached hydrogens (tertiary/aromatic N) is 3. The van der Waals surface area contributed by atoms with E-state index in [4.69, 9.17) is 0 Å². The standard InChI is InChI=1S/C20H27N3O2/c1-22(13-16-8-4-5-10-21-16)19(25)17-12-20(17)9-11-23(14-20)18(24)15-6-2-3-7-15/h4-5,8,10,15,17H,2-3,6-7,9,11-14H2,1H3/t17-,20+/m1/s1. The van der Waals surface area contributed by atoms with Gasteiger partial charge >= 0.3 is 0 Å². The van der Waals surface area contributed by atoms with Crippen molar-refractivity contribution in [3.05, 3.63) is 30.1 Å². The van der Waals surface area contributed by atoms with Crippen molar-refractivity contribution in [2.45, 2.75) is 45.1 Å². The SMILES string of the molecule is CN(Cc1ccccn1)C(=O)[C@H]1C[C@]12CCN(C(=O)C1CCCC1)C2. The largest absolute Gasteiger partial charge is 0.342 e. The zero-order valence-corrected chi connectivity index (χ0v) is 15.0. The minimum Gasteiger partial charge on any atom is -0.342 e. The normalized spacial score (nSPS) is 28.5. The summed E-state index contributed by atoms with van der Waals surface area (Å²) in [5.41, 5.74) is 0.974. The highest BCUT2D eigenvalue weighted by atomic mass is 16.2. The van der Waals surface area contributed by atoms with Crippen LogP contribution in [0.1, 0.15) is 44.2 Å². The molecule has 5 heteroatoms. The van der Waals surface area contributed by atoms with Crippen LogP contribution in [0.3, 0.4) is 0 Å². The number of likely N-dealkylation sites (tertiary alicyclic amines) is 1. The van der Waals surface area contributed by atoms with Gasteiger partial charge in [0.2, 0.25) is 11.8 Å². The van der Waals surface area contributed by atoms with Crippen molar-refractivity contribution in [3.8, 4) is 0 Å². The number of hydrogen-bond donors (Lipinski definition) is 0. The van der Waals surface area contributed by atoms with Gasteiger partial charge in [-0.1, -0.05) is 18.9 Å². The molecular formula is C20H27N3O2. The molecule has 1 saturated heterocycles. The van der Waals surface area contributed by atoms with E-state index in [2.05, 4.69) is 4.98 Å². The molecule has 3 aliphatic rings.